The van der Waals surface area contributed by atoms with Crippen LogP contribution in [-0.2, 0) is 4.74 Å². The summed E-state index contributed by atoms with van der Waals surface area (Å²) in [6.07, 6.45) is 5.71. The van der Waals surface area contributed by atoms with Crippen molar-refractivity contribution >= 4 is 0 Å². The van der Waals surface area contributed by atoms with Gasteiger partial charge >= 0.3 is 0 Å². The summed E-state index contributed by atoms with van der Waals surface area (Å²) in [6.45, 7) is 3.87. The lowest BCUT2D eigenvalue weighted by molar-refractivity contribution is -0.00257. The highest BCUT2D eigenvalue weighted by Gasteiger charge is 2.31. The van der Waals surface area contributed by atoms with Crippen LogP contribution in [0.5, 0.6) is 0 Å². The average Bonchev–Trinajstić information content (AvgIpc) is 1.90. The van der Waals surface area contributed by atoms with Gasteiger partial charge in [0.1, 0.15) is 0 Å². The minimum atomic E-state index is 0.530. The third-order valence-corrected chi connectivity index (χ3v) is 2.45. The van der Waals surface area contributed by atoms with Crippen molar-refractivity contribution in [3.8, 4) is 0 Å². The van der Waals surface area contributed by atoms with Crippen LogP contribution in [0.3, 0.4) is 0 Å². The van der Waals surface area contributed by atoms with Crippen molar-refractivity contribution in [3.63, 3.8) is 0 Å². The zero-order chi connectivity index (χ0) is 6.27. The summed E-state index contributed by atoms with van der Waals surface area (Å²) in [7, 11) is 0. The molecule has 2 aliphatic heterocycles. The molecule has 9 heavy (non-hydrogen) atoms. The van der Waals surface area contributed by atoms with Gasteiger partial charge in [-0.1, -0.05) is 6.58 Å². The molecule has 0 radical (unpaired) electrons. The molecule has 0 N–H and O–H groups in total. The third kappa shape index (κ3) is 0.752. The predicted octanol–water partition coefficient (Wildman–Crippen LogP) is 2.09. The number of ether oxygens (including phenoxy) is 1. The zero-order valence-electron chi connectivity index (χ0n) is 5.60. The summed E-state index contributed by atoms with van der Waals surface area (Å²) in [4.78, 5) is 0. The van der Waals surface area contributed by atoms with Crippen molar-refractivity contribution in [2.75, 3.05) is 0 Å². The van der Waals surface area contributed by atoms with Gasteiger partial charge in [-0.15, -0.1) is 0 Å². The maximum Gasteiger partial charge on any atom is 0.0982 e. The molecule has 1 nitrogen and oxygen atoms in total. The molecule has 50 valence electrons. The third-order valence-electron chi connectivity index (χ3n) is 2.45. The lowest BCUT2D eigenvalue weighted by atomic mass is 9.83. The van der Waals surface area contributed by atoms with E-state index in [1.54, 1.807) is 0 Å². The van der Waals surface area contributed by atoms with Crippen LogP contribution in [0.15, 0.2) is 12.3 Å². The van der Waals surface area contributed by atoms with Crippen LogP contribution in [0, 0.1) is 5.92 Å². The van der Waals surface area contributed by atoms with E-state index >= 15 is 0 Å². The minimum absolute atomic E-state index is 0.530. The lowest BCUT2D eigenvalue weighted by Crippen LogP contribution is -2.30. The van der Waals surface area contributed by atoms with E-state index in [1.165, 1.54) is 25.7 Å². The van der Waals surface area contributed by atoms with Gasteiger partial charge in [-0.25, -0.2) is 0 Å². The van der Waals surface area contributed by atoms with Gasteiger partial charge in [-0.05, 0) is 25.7 Å². The maximum atomic E-state index is 5.49. The molecule has 0 amide bonds. The van der Waals surface area contributed by atoms with Gasteiger partial charge in [0.25, 0.3) is 0 Å². The summed E-state index contributed by atoms with van der Waals surface area (Å²) in [5.41, 5.74) is 0. The van der Waals surface area contributed by atoms with E-state index in [4.69, 9.17) is 4.74 Å². The molecular weight excluding hydrogens is 112 g/mol. The Bertz CT molecular complexity index is 132. The average molecular weight is 124 g/mol. The smallest absolute Gasteiger partial charge is 0.0982 e. The van der Waals surface area contributed by atoms with E-state index in [1.807, 2.05) is 0 Å². The molecule has 0 atom stereocenters. The Kier molecular flexibility index (Phi) is 1.04. The van der Waals surface area contributed by atoms with Gasteiger partial charge in [0, 0.05) is 5.92 Å². The van der Waals surface area contributed by atoms with Crippen molar-refractivity contribution in [2.45, 2.75) is 31.8 Å². The van der Waals surface area contributed by atoms with Crippen LogP contribution >= 0.6 is 0 Å². The molecule has 3 aliphatic rings. The first-order valence-electron chi connectivity index (χ1n) is 3.72. The van der Waals surface area contributed by atoms with E-state index in [0.717, 1.165) is 5.76 Å². The Morgan fingerprint density at radius 3 is 2.11 bits per heavy atom. The second-order valence-corrected chi connectivity index (χ2v) is 3.06. The molecule has 3 rings (SSSR count). The highest BCUT2D eigenvalue weighted by Crippen LogP contribution is 2.38. The van der Waals surface area contributed by atoms with E-state index in [9.17, 15) is 0 Å². The van der Waals surface area contributed by atoms with E-state index in [2.05, 4.69) is 6.58 Å². The summed E-state index contributed by atoms with van der Waals surface area (Å²) in [6, 6.07) is 0. The Morgan fingerprint density at radius 2 is 1.89 bits per heavy atom. The van der Waals surface area contributed by atoms with Gasteiger partial charge in [-0.2, -0.15) is 0 Å². The van der Waals surface area contributed by atoms with Crippen LogP contribution in [0.1, 0.15) is 25.7 Å². The molecule has 2 bridgehead atoms. The van der Waals surface area contributed by atoms with Gasteiger partial charge in [0.15, 0.2) is 0 Å². The highest BCUT2D eigenvalue weighted by molar-refractivity contribution is 5.00. The van der Waals surface area contributed by atoms with Crippen LogP contribution in [0.25, 0.3) is 0 Å². The summed E-state index contributed by atoms with van der Waals surface area (Å²) < 4.78 is 5.49. The van der Waals surface area contributed by atoms with Crippen LogP contribution in [-0.4, -0.2) is 6.10 Å². The van der Waals surface area contributed by atoms with Crippen molar-refractivity contribution in [1.82, 2.24) is 0 Å². The maximum absolute atomic E-state index is 5.49. The molecule has 1 aliphatic carbocycles. The molecular formula is C8H12O. The van der Waals surface area contributed by atoms with Crippen LogP contribution in [0.2, 0.25) is 0 Å². The lowest BCUT2D eigenvalue weighted by Gasteiger charge is -2.37. The molecule has 1 heteroatoms. The fourth-order valence-electron chi connectivity index (χ4n) is 1.81. The standard InChI is InChI=1S/C8H12O/c1-6-7-2-4-8(9-6)5-3-7/h7-8H,1-5H2. The number of fused-ring (bicyclic) bond motifs is 3. The molecule has 0 aromatic heterocycles. The Morgan fingerprint density at radius 1 is 1.22 bits per heavy atom. The number of rotatable bonds is 0. The van der Waals surface area contributed by atoms with Gasteiger partial charge in [0.2, 0.25) is 0 Å². The molecule has 0 unspecified atom stereocenters. The molecule has 0 aromatic rings. The van der Waals surface area contributed by atoms with E-state index < -0.39 is 0 Å². The number of hydrogen-bond donors (Lipinski definition) is 0. The number of hydrogen-bond acceptors (Lipinski definition) is 1. The fraction of sp³-hybridized carbons (Fsp3) is 0.750. The normalized spacial score (nSPS) is 40.7. The summed E-state index contributed by atoms with van der Waals surface area (Å²) >= 11 is 0. The Balaban J connectivity index is 2.15. The summed E-state index contributed by atoms with van der Waals surface area (Å²) in [5.74, 6) is 1.76. The van der Waals surface area contributed by atoms with E-state index in [0.29, 0.717) is 12.0 Å². The minimum Gasteiger partial charge on any atom is -0.495 e. The zero-order valence-corrected chi connectivity index (χ0v) is 5.60. The first-order chi connectivity index (χ1) is 4.36. The largest absolute Gasteiger partial charge is 0.495 e. The van der Waals surface area contributed by atoms with Gasteiger partial charge in [0.05, 0.1) is 11.9 Å². The summed E-state index contributed by atoms with van der Waals surface area (Å²) in [5, 5.41) is 0. The molecule has 2 saturated heterocycles. The Hall–Kier alpha value is -0.460. The predicted molar refractivity (Wildman–Crippen MR) is 36.0 cm³/mol. The monoisotopic (exact) mass is 124 g/mol. The van der Waals surface area contributed by atoms with Gasteiger partial charge in [-0.3, -0.25) is 0 Å². The van der Waals surface area contributed by atoms with Crippen LogP contribution < -0.4 is 0 Å². The molecule has 1 saturated carbocycles. The molecule has 0 aromatic carbocycles. The SMILES string of the molecule is C=C1OC2CCC1CC2. The van der Waals surface area contributed by atoms with Crippen molar-refractivity contribution < 1.29 is 4.74 Å². The quantitative estimate of drug-likeness (QED) is 0.480. The van der Waals surface area contributed by atoms with E-state index in [-0.39, 0.29) is 0 Å². The second kappa shape index (κ2) is 1.76. The van der Waals surface area contributed by atoms with Crippen LogP contribution in [0.4, 0.5) is 0 Å². The molecule has 2 heterocycles. The van der Waals surface area contributed by atoms with Crippen molar-refractivity contribution in [1.29, 1.82) is 0 Å². The fourth-order valence-corrected chi connectivity index (χ4v) is 1.81. The Labute approximate surface area is 55.7 Å². The highest BCUT2D eigenvalue weighted by atomic mass is 16.5. The van der Waals surface area contributed by atoms with Crippen molar-refractivity contribution in [3.05, 3.63) is 12.3 Å². The number of allylic oxidation sites excluding steroid dienone is 1. The topological polar surface area (TPSA) is 9.23 Å². The van der Waals surface area contributed by atoms with Crippen molar-refractivity contribution in [2.24, 2.45) is 5.92 Å². The molecule has 3 fully saturated rings. The van der Waals surface area contributed by atoms with Gasteiger partial charge < -0.3 is 4.74 Å². The molecule has 0 spiro atoms. The first-order valence-corrected chi connectivity index (χ1v) is 3.72. The first kappa shape index (κ1) is 5.33. The second-order valence-electron chi connectivity index (χ2n) is 3.06.